The summed E-state index contributed by atoms with van der Waals surface area (Å²) in [4.78, 5) is 0. The minimum atomic E-state index is 0.683. The van der Waals surface area contributed by atoms with Gasteiger partial charge in [-0.1, -0.05) is 60.5 Å². The second-order valence-electron chi connectivity index (χ2n) is 4.83. The highest BCUT2D eigenvalue weighted by Gasteiger charge is 2.01. The molecule has 0 saturated heterocycles. The third-order valence-electron chi connectivity index (χ3n) is 3.35. The highest BCUT2D eigenvalue weighted by Crippen LogP contribution is 2.21. The van der Waals surface area contributed by atoms with E-state index in [1.807, 2.05) is 12.1 Å². The molecule has 0 heterocycles. The van der Waals surface area contributed by atoms with Crippen LogP contribution >= 0.6 is 23.2 Å². The van der Waals surface area contributed by atoms with Crippen LogP contribution < -0.4 is 5.32 Å². The average Bonchev–Trinajstić information content (AvgIpc) is 2.46. The predicted octanol–water partition coefficient (Wildman–Crippen LogP) is 4.89. The molecule has 106 valence electrons. The monoisotopic (exact) mass is 307 g/mol. The van der Waals surface area contributed by atoms with Gasteiger partial charge in [0, 0.05) is 16.6 Å². The molecule has 0 radical (unpaired) electrons. The maximum atomic E-state index is 6.15. The molecule has 1 nitrogen and oxygen atoms in total. The van der Waals surface area contributed by atoms with Gasteiger partial charge in [0.25, 0.3) is 0 Å². The van der Waals surface area contributed by atoms with Crippen LogP contribution in [0.25, 0.3) is 0 Å². The zero-order valence-electron chi connectivity index (χ0n) is 11.6. The lowest BCUT2D eigenvalue weighted by Gasteiger charge is -2.07. The molecule has 0 bridgehead atoms. The van der Waals surface area contributed by atoms with Gasteiger partial charge in [0.05, 0.1) is 0 Å². The Balaban J connectivity index is 1.78. The molecule has 0 atom stereocenters. The molecule has 0 aromatic heterocycles. The van der Waals surface area contributed by atoms with Crippen molar-refractivity contribution < 1.29 is 0 Å². The fraction of sp³-hybridized carbons (Fsp3) is 0.294. The van der Waals surface area contributed by atoms with Gasteiger partial charge in [-0.05, 0) is 48.2 Å². The standard InChI is InChI=1S/C17H19Cl2N/c1-2-13-3-5-14(6-4-13)12-20-10-9-15-7-8-16(18)11-17(15)19/h3-8,11,20H,2,9-10,12H2,1H3. The summed E-state index contributed by atoms with van der Waals surface area (Å²) >= 11 is 12.0. The van der Waals surface area contributed by atoms with E-state index in [1.54, 1.807) is 6.07 Å². The first kappa shape index (κ1) is 15.4. The summed E-state index contributed by atoms with van der Waals surface area (Å²) in [7, 11) is 0. The van der Waals surface area contributed by atoms with Gasteiger partial charge in [-0.25, -0.2) is 0 Å². The van der Waals surface area contributed by atoms with E-state index in [9.17, 15) is 0 Å². The van der Waals surface area contributed by atoms with Gasteiger partial charge in [0.1, 0.15) is 0 Å². The number of nitrogens with one attached hydrogen (secondary N) is 1. The fourth-order valence-corrected chi connectivity index (χ4v) is 2.58. The van der Waals surface area contributed by atoms with Crippen LogP contribution in [-0.4, -0.2) is 6.54 Å². The van der Waals surface area contributed by atoms with Crippen LogP contribution in [0, 0.1) is 0 Å². The zero-order valence-corrected chi connectivity index (χ0v) is 13.1. The summed E-state index contributed by atoms with van der Waals surface area (Å²) in [6.45, 7) is 3.95. The second kappa shape index (κ2) is 7.68. The first-order chi connectivity index (χ1) is 9.69. The van der Waals surface area contributed by atoms with Crippen molar-refractivity contribution in [1.29, 1.82) is 0 Å². The smallest absolute Gasteiger partial charge is 0.0453 e. The SMILES string of the molecule is CCc1ccc(CNCCc2ccc(Cl)cc2Cl)cc1. The molecule has 2 aromatic rings. The van der Waals surface area contributed by atoms with Gasteiger partial charge in [-0.3, -0.25) is 0 Å². The predicted molar refractivity (Wildman–Crippen MR) is 87.7 cm³/mol. The number of rotatable bonds is 6. The molecular formula is C17H19Cl2N. The number of hydrogen-bond donors (Lipinski definition) is 1. The number of benzene rings is 2. The molecule has 0 saturated carbocycles. The zero-order chi connectivity index (χ0) is 14.4. The van der Waals surface area contributed by atoms with Gasteiger partial charge in [0.2, 0.25) is 0 Å². The van der Waals surface area contributed by atoms with E-state index in [-0.39, 0.29) is 0 Å². The van der Waals surface area contributed by atoms with Crippen LogP contribution in [0.4, 0.5) is 0 Å². The molecule has 0 aliphatic carbocycles. The van der Waals surface area contributed by atoms with Crippen LogP contribution in [0.2, 0.25) is 10.0 Å². The molecule has 0 aliphatic heterocycles. The maximum absolute atomic E-state index is 6.15. The Labute approximate surface area is 130 Å². The first-order valence-corrected chi connectivity index (χ1v) is 7.67. The van der Waals surface area contributed by atoms with Crippen LogP contribution in [0.1, 0.15) is 23.6 Å². The Hall–Kier alpha value is -1.02. The molecule has 0 amide bonds. The van der Waals surface area contributed by atoms with E-state index in [0.29, 0.717) is 5.02 Å². The van der Waals surface area contributed by atoms with Crippen LogP contribution in [-0.2, 0) is 19.4 Å². The van der Waals surface area contributed by atoms with Crippen molar-refractivity contribution in [3.8, 4) is 0 Å². The highest BCUT2D eigenvalue weighted by molar-refractivity contribution is 6.35. The molecule has 3 heteroatoms. The minimum Gasteiger partial charge on any atom is -0.312 e. The molecule has 1 N–H and O–H groups in total. The van der Waals surface area contributed by atoms with Crippen molar-refractivity contribution in [2.24, 2.45) is 0 Å². The van der Waals surface area contributed by atoms with Gasteiger partial charge >= 0.3 is 0 Å². The summed E-state index contributed by atoms with van der Waals surface area (Å²) in [6, 6.07) is 14.4. The molecule has 20 heavy (non-hydrogen) atoms. The molecule has 0 unspecified atom stereocenters. The van der Waals surface area contributed by atoms with Crippen molar-refractivity contribution in [1.82, 2.24) is 5.32 Å². The van der Waals surface area contributed by atoms with E-state index in [4.69, 9.17) is 23.2 Å². The van der Waals surface area contributed by atoms with Gasteiger partial charge in [-0.15, -0.1) is 0 Å². The van der Waals surface area contributed by atoms with E-state index < -0.39 is 0 Å². The van der Waals surface area contributed by atoms with Crippen molar-refractivity contribution >= 4 is 23.2 Å². The minimum absolute atomic E-state index is 0.683. The number of halogens is 2. The van der Waals surface area contributed by atoms with Crippen molar-refractivity contribution in [2.75, 3.05) is 6.54 Å². The number of aryl methyl sites for hydroxylation is 1. The van der Waals surface area contributed by atoms with Gasteiger partial charge in [-0.2, -0.15) is 0 Å². The molecule has 0 spiro atoms. The third-order valence-corrected chi connectivity index (χ3v) is 3.93. The Morgan fingerprint density at radius 3 is 2.30 bits per heavy atom. The first-order valence-electron chi connectivity index (χ1n) is 6.91. The van der Waals surface area contributed by atoms with Crippen molar-refractivity contribution in [3.63, 3.8) is 0 Å². The lowest BCUT2D eigenvalue weighted by Crippen LogP contribution is -2.16. The normalized spacial score (nSPS) is 10.8. The summed E-state index contributed by atoms with van der Waals surface area (Å²) in [5.41, 5.74) is 3.82. The number of hydrogen-bond acceptors (Lipinski definition) is 1. The average molecular weight is 308 g/mol. The Kier molecular flexibility index (Phi) is 5.90. The Bertz CT molecular complexity index is 549. The Morgan fingerprint density at radius 2 is 1.65 bits per heavy atom. The van der Waals surface area contributed by atoms with Crippen LogP contribution in [0.5, 0.6) is 0 Å². The lowest BCUT2D eigenvalue weighted by atomic mass is 10.1. The largest absolute Gasteiger partial charge is 0.312 e. The second-order valence-corrected chi connectivity index (χ2v) is 5.68. The van der Waals surface area contributed by atoms with Crippen molar-refractivity contribution in [2.45, 2.75) is 26.3 Å². The van der Waals surface area contributed by atoms with Crippen LogP contribution in [0.3, 0.4) is 0 Å². The van der Waals surface area contributed by atoms with Gasteiger partial charge in [0.15, 0.2) is 0 Å². The van der Waals surface area contributed by atoms with Crippen molar-refractivity contribution in [3.05, 3.63) is 69.2 Å². The molecule has 2 rings (SSSR count). The van der Waals surface area contributed by atoms with E-state index >= 15 is 0 Å². The topological polar surface area (TPSA) is 12.0 Å². The van der Waals surface area contributed by atoms with Gasteiger partial charge < -0.3 is 5.32 Å². The Morgan fingerprint density at radius 1 is 0.950 bits per heavy atom. The summed E-state index contributed by atoms with van der Waals surface area (Å²) in [6.07, 6.45) is 1.99. The molecule has 0 fully saturated rings. The summed E-state index contributed by atoms with van der Waals surface area (Å²) in [5.74, 6) is 0. The van der Waals surface area contributed by atoms with E-state index in [0.717, 1.165) is 36.5 Å². The fourth-order valence-electron chi connectivity index (χ4n) is 2.07. The molecular weight excluding hydrogens is 289 g/mol. The summed E-state index contributed by atoms with van der Waals surface area (Å²) in [5, 5.41) is 4.86. The lowest BCUT2D eigenvalue weighted by molar-refractivity contribution is 0.687. The van der Waals surface area contributed by atoms with E-state index in [1.165, 1.54) is 11.1 Å². The maximum Gasteiger partial charge on any atom is 0.0453 e. The quantitative estimate of drug-likeness (QED) is 0.749. The highest BCUT2D eigenvalue weighted by atomic mass is 35.5. The molecule has 0 aliphatic rings. The third kappa shape index (κ3) is 4.52. The summed E-state index contributed by atoms with van der Waals surface area (Å²) < 4.78 is 0. The van der Waals surface area contributed by atoms with Crippen LogP contribution in [0.15, 0.2) is 42.5 Å². The van der Waals surface area contributed by atoms with E-state index in [2.05, 4.69) is 36.5 Å². The molecule has 2 aromatic carbocycles.